The van der Waals surface area contributed by atoms with Gasteiger partial charge in [0.05, 0.1) is 28.7 Å². The molecular formula is C39H28ClCrN7Na2O12S+2. The molecular weight excluding hydrogens is 924 g/mol. The van der Waals surface area contributed by atoms with Crippen LogP contribution in [-0.2, 0) is 37.1 Å². The molecule has 19 nitrogen and oxygen atoms in total. The van der Waals surface area contributed by atoms with Gasteiger partial charge in [-0.3, -0.25) is 45.2 Å². The Morgan fingerprint density at radius 1 is 0.746 bits per heavy atom. The van der Waals surface area contributed by atoms with Gasteiger partial charge in [-0.2, -0.15) is 18.6 Å². The summed E-state index contributed by atoms with van der Waals surface area (Å²) in [7, 11) is -3.50. The van der Waals surface area contributed by atoms with Crippen LogP contribution in [0.4, 0.5) is 34.1 Å². The standard InChI is InChI=1S/C23H17N5O10S.C16H11ClN2O2.Cr.2Na/c1-38-16-5-2-13(3-6-16)24-14-4-7-17-12(8-14)9-20(39(35,36)37)23(30)21(17)26-25-18-10-15(27(31)32)11-19(22(18)29)28(33)34;17-11-6-8-14(20)13(9-11)18-19-16-12-4-2-1-3-10(12)5-7-15(16)21;;;/h2-11,24-25,29H,1H3,(H,35,36,37);1-9,18,20H;;;/q;;;2*+1/b26-21-;19-16-;;;. The average molecular weight is 952 g/mol. The molecule has 0 aromatic heterocycles. The van der Waals surface area contributed by atoms with Crippen molar-refractivity contribution in [3.8, 4) is 17.2 Å². The summed E-state index contributed by atoms with van der Waals surface area (Å²) in [5.41, 5.74) is 5.62. The second-order valence-electron chi connectivity index (χ2n) is 12.4. The van der Waals surface area contributed by atoms with Crippen molar-refractivity contribution in [2.24, 2.45) is 10.2 Å². The van der Waals surface area contributed by atoms with Crippen molar-refractivity contribution in [3.63, 3.8) is 0 Å². The van der Waals surface area contributed by atoms with Crippen LogP contribution >= 0.6 is 11.6 Å². The number of nitro groups is 2. The third-order valence-corrected chi connectivity index (χ3v) is 9.66. The molecule has 0 saturated heterocycles. The van der Waals surface area contributed by atoms with Crippen LogP contribution in [-0.4, -0.2) is 63.1 Å². The van der Waals surface area contributed by atoms with Crippen molar-refractivity contribution >= 4 is 91.0 Å². The molecule has 7 rings (SSSR count). The molecule has 0 radical (unpaired) electrons. The predicted octanol–water partition coefficient (Wildman–Crippen LogP) is 1.05. The van der Waals surface area contributed by atoms with Gasteiger partial charge < -0.3 is 20.3 Å². The summed E-state index contributed by atoms with van der Waals surface area (Å²) >= 11 is 5.87. The molecule has 2 aliphatic carbocycles. The van der Waals surface area contributed by atoms with Crippen LogP contribution < -0.4 is 80.0 Å². The topological polar surface area (TPSA) is 285 Å². The number of Topliss-reactive ketones (excluding diaryl/α,β-unsaturated/α-hetero) is 1. The van der Waals surface area contributed by atoms with Crippen LogP contribution in [0.15, 0.2) is 118 Å². The van der Waals surface area contributed by atoms with Gasteiger partial charge in [0.1, 0.15) is 33.5 Å². The second-order valence-corrected chi connectivity index (χ2v) is 14.3. The van der Waals surface area contributed by atoms with Crippen molar-refractivity contribution in [1.29, 1.82) is 0 Å². The van der Waals surface area contributed by atoms with Gasteiger partial charge in [0.15, 0.2) is 0 Å². The van der Waals surface area contributed by atoms with Gasteiger partial charge in [-0.25, -0.2) is 0 Å². The Labute approximate surface area is 417 Å². The number of phenols is 2. The molecule has 310 valence electrons. The number of hydrogen-bond acceptors (Lipinski definition) is 16. The van der Waals surface area contributed by atoms with Crippen LogP contribution in [0.2, 0.25) is 5.02 Å². The molecule has 0 spiro atoms. The molecule has 2 aliphatic rings. The summed E-state index contributed by atoms with van der Waals surface area (Å²) in [6.45, 7) is 0. The number of anilines is 4. The van der Waals surface area contributed by atoms with Crippen LogP contribution in [0.25, 0.3) is 12.2 Å². The number of nitro benzene ring substituents is 2. The number of phenolic OH excluding ortho intramolecular Hbond substituents is 2. The van der Waals surface area contributed by atoms with E-state index in [-0.39, 0.29) is 99.1 Å². The average Bonchev–Trinajstić information content (AvgIpc) is 3.21. The third kappa shape index (κ3) is 12.4. The van der Waals surface area contributed by atoms with Crippen molar-refractivity contribution < 1.29 is 124 Å². The molecule has 6 N–H and O–H groups in total. The molecule has 0 bridgehead atoms. The summed E-state index contributed by atoms with van der Waals surface area (Å²) in [5, 5.41) is 53.8. The maximum absolute atomic E-state index is 12.9. The Kier molecular flexibility index (Phi) is 18.4. The Balaban J connectivity index is 0.000000373. The maximum atomic E-state index is 12.9. The van der Waals surface area contributed by atoms with Crippen LogP contribution in [0, 0.1) is 20.2 Å². The quantitative estimate of drug-likeness (QED) is 0.0375. The van der Waals surface area contributed by atoms with E-state index >= 15 is 0 Å². The van der Waals surface area contributed by atoms with Gasteiger partial charge in [0, 0.05) is 51.0 Å². The number of nitrogens with one attached hydrogen (secondary N) is 3. The van der Waals surface area contributed by atoms with E-state index in [1.165, 1.54) is 37.5 Å². The summed E-state index contributed by atoms with van der Waals surface area (Å²) in [6, 6.07) is 24.6. The third-order valence-electron chi connectivity index (χ3n) is 8.57. The largest absolute Gasteiger partial charge is 1.00 e. The van der Waals surface area contributed by atoms with E-state index in [0.717, 1.165) is 23.3 Å². The van der Waals surface area contributed by atoms with Gasteiger partial charge in [-0.1, -0.05) is 41.9 Å². The summed E-state index contributed by atoms with van der Waals surface area (Å²) in [5.74, 6) is -1.80. The zero-order valence-electron chi connectivity index (χ0n) is 33.0. The number of carbonyl (C=O) groups excluding carboxylic acids is 2. The fraction of sp³-hybridized carbons (Fsp3) is 0.0256. The number of nitrogens with zero attached hydrogens (tertiary/aromatic N) is 4. The molecule has 0 heterocycles. The number of fused-ring (bicyclic) bond motifs is 2. The first-order chi connectivity index (χ1) is 28.5. The molecule has 0 aliphatic heterocycles. The number of aromatic hydroxyl groups is 2. The van der Waals surface area contributed by atoms with Crippen LogP contribution in [0.1, 0.15) is 22.3 Å². The Hall–Kier alpha value is -5.41. The fourth-order valence-corrected chi connectivity index (χ4v) is 6.46. The normalized spacial score (nSPS) is 13.6. The molecule has 63 heavy (non-hydrogen) atoms. The number of hydrazone groups is 2. The number of hydrogen-bond donors (Lipinski definition) is 6. The first-order valence-electron chi connectivity index (χ1n) is 17.0. The Morgan fingerprint density at radius 3 is 2.03 bits per heavy atom. The van der Waals surface area contributed by atoms with Gasteiger partial charge >= 0.3 is 64.8 Å². The molecule has 0 amide bonds. The van der Waals surface area contributed by atoms with Crippen LogP contribution in [0.3, 0.4) is 0 Å². The summed E-state index contributed by atoms with van der Waals surface area (Å²) in [4.78, 5) is 44.3. The van der Waals surface area contributed by atoms with E-state index in [1.54, 1.807) is 42.5 Å². The zero-order valence-corrected chi connectivity index (χ0v) is 39.8. The minimum Gasteiger partial charge on any atom is -0.506 e. The van der Waals surface area contributed by atoms with Crippen LogP contribution in [0.5, 0.6) is 17.2 Å². The number of methoxy groups -OCH3 is 1. The van der Waals surface area contributed by atoms with Gasteiger partial charge in [-0.15, -0.1) is 0 Å². The second kappa shape index (κ2) is 22.3. The molecule has 0 fully saturated rings. The molecule has 0 unspecified atom stereocenters. The van der Waals surface area contributed by atoms with E-state index in [2.05, 4.69) is 26.4 Å². The van der Waals surface area contributed by atoms with E-state index in [9.17, 15) is 53.0 Å². The van der Waals surface area contributed by atoms with Crippen molar-refractivity contribution in [1.82, 2.24) is 0 Å². The number of non-ortho nitro benzene ring substituents is 1. The first-order valence-corrected chi connectivity index (χ1v) is 18.8. The van der Waals surface area contributed by atoms with Gasteiger partial charge in [0.25, 0.3) is 15.8 Å². The maximum Gasteiger partial charge on any atom is 1.00 e. The minimum absolute atomic E-state index is 0. The van der Waals surface area contributed by atoms with E-state index in [4.69, 9.17) is 16.3 Å². The Morgan fingerprint density at radius 2 is 1.38 bits per heavy atom. The Bertz CT molecular complexity index is 2860. The van der Waals surface area contributed by atoms with Crippen molar-refractivity contribution in [2.45, 2.75) is 0 Å². The number of rotatable bonds is 10. The molecule has 5 aromatic carbocycles. The summed E-state index contributed by atoms with van der Waals surface area (Å²) < 4.78 is 38.6. The monoisotopic (exact) mass is 951 g/mol. The zero-order chi connectivity index (χ0) is 43.3. The van der Waals surface area contributed by atoms with E-state index < -0.39 is 59.2 Å². The minimum atomic E-state index is -5.02. The fourth-order valence-electron chi connectivity index (χ4n) is 5.68. The number of benzene rings is 5. The molecule has 0 atom stereocenters. The smallest absolute Gasteiger partial charge is 0.506 e. The van der Waals surface area contributed by atoms with Gasteiger partial charge in [-0.05, 0) is 83.9 Å². The number of carbonyl (C=O) groups is 2. The van der Waals surface area contributed by atoms with Gasteiger partial charge in [0.2, 0.25) is 17.3 Å². The van der Waals surface area contributed by atoms with E-state index in [0.29, 0.717) is 39.6 Å². The SMILES string of the molecule is COc1ccc(Nc2ccc3c(c2)C=C(S(=O)(=O)O)C(=O)/C3=N\Nc2cc([N+](=O)[O-])cc([N+](=O)[O-])c2O)cc1.O=C1C=Cc2ccccc2/C1=N/Nc1cc(Cl)ccc1O.[Cr].[Na+].[Na+]. The number of allylic oxidation sites excluding steroid dienone is 2. The van der Waals surface area contributed by atoms with Crippen molar-refractivity contribution in [2.75, 3.05) is 23.3 Å². The van der Waals surface area contributed by atoms with E-state index in [1.807, 2.05) is 24.3 Å². The number of halogens is 1. The molecule has 5 aromatic rings. The van der Waals surface area contributed by atoms with Crippen molar-refractivity contribution in [3.05, 3.63) is 156 Å². The first kappa shape index (κ1) is 51.9. The number of ether oxygens (including phenoxy) is 1. The predicted molar refractivity (Wildman–Crippen MR) is 223 cm³/mol. The molecule has 24 heteroatoms. The number of ketones is 2. The summed E-state index contributed by atoms with van der Waals surface area (Å²) in [6.07, 6.45) is 4.18. The molecule has 0 saturated carbocycles.